The van der Waals surface area contributed by atoms with Crippen molar-refractivity contribution in [1.82, 2.24) is 4.31 Å². The Morgan fingerprint density at radius 2 is 1.90 bits per heavy atom. The van der Waals surface area contributed by atoms with E-state index in [2.05, 4.69) is 0 Å². The Morgan fingerprint density at radius 3 is 2.48 bits per heavy atom. The monoisotopic (exact) mass is 314 g/mol. The Bertz CT molecular complexity index is 541. The summed E-state index contributed by atoms with van der Waals surface area (Å²) in [5.41, 5.74) is 6.23. The van der Waals surface area contributed by atoms with Crippen molar-refractivity contribution < 1.29 is 17.9 Å². The molecule has 1 saturated carbocycles. The first-order valence-corrected chi connectivity index (χ1v) is 8.60. The van der Waals surface area contributed by atoms with Crippen LogP contribution < -0.4 is 10.5 Å². The number of nitrogens with two attached hydrogens (primary N) is 1. The van der Waals surface area contributed by atoms with Crippen molar-refractivity contribution in [3.05, 3.63) is 24.3 Å². The molecule has 0 bridgehead atoms. The first kappa shape index (κ1) is 16.1. The molecule has 1 aromatic carbocycles. The van der Waals surface area contributed by atoms with Crippen LogP contribution in [0.5, 0.6) is 5.75 Å². The maximum atomic E-state index is 12.3. The molecule has 0 unspecified atom stereocenters. The van der Waals surface area contributed by atoms with Crippen molar-refractivity contribution >= 4 is 15.7 Å². The van der Waals surface area contributed by atoms with Crippen LogP contribution >= 0.6 is 0 Å². The maximum absolute atomic E-state index is 12.3. The van der Waals surface area contributed by atoms with Gasteiger partial charge in [0.25, 0.3) is 0 Å². The Hall–Kier alpha value is -1.31. The lowest BCUT2D eigenvalue weighted by molar-refractivity contribution is 0.177. The lowest BCUT2D eigenvalue weighted by Gasteiger charge is -2.21. The van der Waals surface area contributed by atoms with E-state index in [4.69, 9.17) is 15.2 Å². The molecule has 0 radical (unpaired) electrons. The van der Waals surface area contributed by atoms with Gasteiger partial charge in [0.05, 0.1) is 12.4 Å². The molecule has 1 aromatic rings. The normalized spacial score (nSPS) is 15.3. The Labute approximate surface area is 125 Å². The van der Waals surface area contributed by atoms with E-state index in [0.717, 1.165) is 12.8 Å². The van der Waals surface area contributed by atoms with E-state index in [1.807, 2.05) is 0 Å². The van der Waals surface area contributed by atoms with E-state index < -0.39 is 10.0 Å². The second-order valence-corrected chi connectivity index (χ2v) is 7.11. The number of methoxy groups -OCH3 is 1. The highest BCUT2D eigenvalue weighted by atomic mass is 32.2. The fourth-order valence-corrected chi connectivity index (χ4v) is 3.58. The minimum atomic E-state index is -3.31. The third kappa shape index (κ3) is 4.87. The molecule has 2 N–H and O–H groups in total. The standard InChI is InChI=1S/C14H22N2O4S/c1-19-9-8-16(13-4-5-13)21(17,18)11-10-20-14-6-2-12(15)3-7-14/h2-3,6-7,13H,4-5,8-11,15H2,1H3. The summed E-state index contributed by atoms with van der Waals surface area (Å²) in [7, 11) is -1.73. The number of rotatable bonds is 9. The predicted octanol–water partition coefficient (Wildman–Crippen LogP) is 1.09. The van der Waals surface area contributed by atoms with Gasteiger partial charge in [0.2, 0.25) is 10.0 Å². The van der Waals surface area contributed by atoms with Gasteiger partial charge in [0.1, 0.15) is 12.4 Å². The average molecular weight is 314 g/mol. The first-order valence-electron chi connectivity index (χ1n) is 7.00. The van der Waals surface area contributed by atoms with Gasteiger partial charge in [0, 0.05) is 25.4 Å². The van der Waals surface area contributed by atoms with Crippen LogP contribution in [0.2, 0.25) is 0 Å². The predicted molar refractivity (Wildman–Crippen MR) is 81.7 cm³/mol. The minimum Gasteiger partial charge on any atom is -0.492 e. The number of nitrogens with zero attached hydrogens (tertiary/aromatic N) is 1. The molecule has 0 atom stereocenters. The summed E-state index contributed by atoms with van der Waals surface area (Å²) in [5.74, 6) is 0.590. The largest absolute Gasteiger partial charge is 0.492 e. The van der Waals surface area contributed by atoms with Gasteiger partial charge in [0.15, 0.2) is 0 Å². The van der Waals surface area contributed by atoms with Crippen molar-refractivity contribution in [2.45, 2.75) is 18.9 Å². The van der Waals surface area contributed by atoms with Crippen molar-refractivity contribution in [1.29, 1.82) is 0 Å². The number of nitrogen functional groups attached to an aromatic ring is 1. The average Bonchev–Trinajstić information content (AvgIpc) is 3.26. The molecular weight excluding hydrogens is 292 g/mol. The second kappa shape index (κ2) is 7.11. The molecule has 0 aliphatic heterocycles. The number of anilines is 1. The van der Waals surface area contributed by atoms with Crippen LogP contribution in [0.4, 0.5) is 5.69 Å². The summed E-state index contributed by atoms with van der Waals surface area (Å²) in [6.45, 7) is 0.947. The molecule has 0 aromatic heterocycles. The summed E-state index contributed by atoms with van der Waals surface area (Å²) in [4.78, 5) is 0. The van der Waals surface area contributed by atoms with E-state index in [-0.39, 0.29) is 18.4 Å². The van der Waals surface area contributed by atoms with Gasteiger partial charge in [-0.05, 0) is 37.1 Å². The highest BCUT2D eigenvalue weighted by molar-refractivity contribution is 7.89. The van der Waals surface area contributed by atoms with Gasteiger partial charge < -0.3 is 15.2 Å². The van der Waals surface area contributed by atoms with E-state index in [1.165, 1.54) is 0 Å². The topological polar surface area (TPSA) is 81.9 Å². The fourth-order valence-electron chi connectivity index (χ4n) is 2.04. The molecule has 6 nitrogen and oxygen atoms in total. The number of hydrogen-bond donors (Lipinski definition) is 1. The molecule has 0 heterocycles. The highest BCUT2D eigenvalue weighted by Crippen LogP contribution is 2.29. The first-order chi connectivity index (χ1) is 10.0. The molecule has 2 rings (SSSR count). The molecule has 1 fully saturated rings. The number of benzene rings is 1. The summed E-state index contributed by atoms with van der Waals surface area (Å²) >= 11 is 0. The summed E-state index contributed by atoms with van der Waals surface area (Å²) < 4.78 is 36.7. The van der Waals surface area contributed by atoms with Crippen LogP contribution in [0, 0.1) is 0 Å². The molecule has 0 spiro atoms. The zero-order valence-corrected chi connectivity index (χ0v) is 13.0. The molecule has 1 aliphatic carbocycles. The Balaban J connectivity index is 1.86. The van der Waals surface area contributed by atoms with E-state index in [1.54, 1.807) is 35.7 Å². The Kier molecular flexibility index (Phi) is 5.44. The molecule has 1 aliphatic rings. The summed E-state index contributed by atoms with van der Waals surface area (Å²) in [5, 5.41) is 0. The van der Waals surface area contributed by atoms with Gasteiger partial charge in [-0.2, -0.15) is 4.31 Å². The SMILES string of the molecule is COCCN(C1CC1)S(=O)(=O)CCOc1ccc(N)cc1. The third-order valence-electron chi connectivity index (χ3n) is 3.32. The molecule has 0 amide bonds. The summed E-state index contributed by atoms with van der Waals surface area (Å²) in [6, 6.07) is 7.04. The van der Waals surface area contributed by atoms with Crippen molar-refractivity contribution in [2.24, 2.45) is 0 Å². The minimum absolute atomic E-state index is 0.0302. The molecule has 7 heteroatoms. The highest BCUT2D eigenvalue weighted by Gasteiger charge is 2.36. The smallest absolute Gasteiger partial charge is 0.217 e. The van der Waals surface area contributed by atoms with Crippen LogP contribution in [0.15, 0.2) is 24.3 Å². The van der Waals surface area contributed by atoms with Gasteiger partial charge >= 0.3 is 0 Å². The van der Waals surface area contributed by atoms with Crippen molar-refractivity contribution in [3.8, 4) is 5.75 Å². The zero-order valence-electron chi connectivity index (χ0n) is 12.2. The third-order valence-corrected chi connectivity index (χ3v) is 5.20. The Morgan fingerprint density at radius 1 is 1.24 bits per heavy atom. The van der Waals surface area contributed by atoms with Crippen molar-refractivity contribution in [3.63, 3.8) is 0 Å². The molecular formula is C14H22N2O4S. The van der Waals surface area contributed by atoms with E-state index >= 15 is 0 Å². The quantitative estimate of drug-likeness (QED) is 0.690. The second-order valence-electron chi connectivity index (χ2n) is 5.07. The van der Waals surface area contributed by atoms with Crippen LogP contribution in [-0.2, 0) is 14.8 Å². The van der Waals surface area contributed by atoms with E-state index in [9.17, 15) is 8.42 Å². The van der Waals surface area contributed by atoms with Crippen molar-refractivity contribution in [2.75, 3.05) is 38.4 Å². The molecule has 118 valence electrons. The van der Waals surface area contributed by atoms with Gasteiger partial charge in [-0.25, -0.2) is 8.42 Å². The van der Waals surface area contributed by atoms with Crippen LogP contribution in [0.3, 0.4) is 0 Å². The lowest BCUT2D eigenvalue weighted by atomic mass is 10.3. The number of ether oxygens (including phenoxy) is 2. The fraction of sp³-hybridized carbons (Fsp3) is 0.571. The zero-order chi connectivity index (χ0) is 15.3. The van der Waals surface area contributed by atoms with Gasteiger partial charge in [-0.15, -0.1) is 0 Å². The molecule has 21 heavy (non-hydrogen) atoms. The van der Waals surface area contributed by atoms with E-state index in [0.29, 0.717) is 24.6 Å². The maximum Gasteiger partial charge on any atom is 0.217 e. The number of hydrogen-bond acceptors (Lipinski definition) is 5. The van der Waals surface area contributed by atoms with Gasteiger partial charge in [-0.3, -0.25) is 0 Å². The summed E-state index contributed by atoms with van der Waals surface area (Å²) in [6.07, 6.45) is 1.86. The van der Waals surface area contributed by atoms with Crippen LogP contribution in [0.1, 0.15) is 12.8 Å². The van der Waals surface area contributed by atoms with Gasteiger partial charge in [-0.1, -0.05) is 0 Å². The van der Waals surface area contributed by atoms with Crippen LogP contribution in [-0.4, -0.2) is 51.4 Å². The number of sulfonamides is 1. The lowest BCUT2D eigenvalue weighted by Crippen LogP contribution is -2.38. The molecule has 0 saturated heterocycles. The van der Waals surface area contributed by atoms with Crippen LogP contribution in [0.25, 0.3) is 0 Å².